The molecule has 0 saturated heterocycles. The van der Waals surface area contributed by atoms with Gasteiger partial charge in [-0.05, 0) is 13.8 Å². The third-order valence-corrected chi connectivity index (χ3v) is 0.959. The van der Waals surface area contributed by atoms with Gasteiger partial charge in [0, 0.05) is 0 Å². The Bertz CT molecular complexity index is 137. The van der Waals surface area contributed by atoms with Crippen LogP contribution in [0.4, 0.5) is 0 Å². The highest BCUT2D eigenvalue weighted by Gasteiger charge is 1.99. The van der Waals surface area contributed by atoms with Gasteiger partial charge in [-0.1, -0.05) is 0 Å². The van der Waals surface area contributed by atoms with E-state index in [1.54, 1.807) is 6.34 Å². The average Bonchev–Trinajstić information content (AvgIpc) is 1.64. The molecule has 1 aliphatic heterocycles. The molecule has 0 bridgehead atoms. The molecule has 1 aliphatic rings. The third-order valence-electron chi connectivity index (χ3n) is 0.959. The van der Waals surface area contributed by atoms with Gasteiger partial charge in [0.15, 0.2) is 0 Å². The summed E-state index contributed by atoms with van der Waals surface area (Å²) in [7, 11) is 0. The van der Waals surface area contributed by atoms with Gasteiger partial charge in [-0.2, -0.15) is 0 Å². The zero-order chi connectivity index (χ0) is 5.98. The zero-order valence-corrected chi connectivity index (χ0v) is 5.05. The van der Waals surface area contributed by atoms with Gasteiger partial charge < -0.3 is 5.32 Å². The van der Waals surface area contributed by atoms with Crippen molar-refractivity contribution < 1.29 is 0 Å². The van der Waals surface area contributed by atoms with Crippen molar-refractivity contribution in [2.24, 2.45) is 9.98 Å². The van der Waals surface area contributed by atoms with Gasteiger partial charge in [-0.25, -0.2) is 9.98 Å². The quantitative estimate of drug-likeness (QED) is 0.482. The Hall–Kier alpha value is -0.860. The van der Waals surface area contributed by atoms with E-state index in [4.69, 9.17) is 0 Å². The number of hydrogen-bond acceptors (Lipinski definition) is 3. The van der Waals surface area contributed by atoms with Gasteiger partial charge in [0.1, 0.15) is 18.3 Å². The molecule has 0 saturated carbocycles. The van der Waals surface area contributed by atoms with E-state index in [0.29, 0.717) is 0 Å². The fraction of sp³-hybridized carbons (Fsp3) is 0.600. The monoisotopic (exact) mass is 111 g/mol. The number of hydrogen-bond donors (Lipinski definition) is 1. The number of aliphatic imine (C=N–C) groups is 2. The minimum absolute atomic E-state index is 0.201. The fourth-order valence-electron chi connectivity index (χ4n) is 0.597. The topological polar surface area (TPSA) is 36.8 Å². The average molecular weight is 111 g/mol. The second kappa shape index (κ2) is 1.94. The van der Waals surface area contributed by atoms with Gasteiger partial charge in [-0.3, -0.25) is 0 Å². The van der Waals surface area contributed by atoms with Crippen LogP contribution < -0.4 is 5.32 Å². The van der Waals surface area contributed by atoms with Crippen molar-refractivity contribution in [1.29, 1.82) is 0 Å². The zero-order valence-electron chi connectivity index (χ0n) is 5.05. The lowest BCUT2D eigenvalue weighted by atomic mass is 10.5. The summed E-state index contributed by atoms with van der Waals surface area (Å²) in [6.45, 7) is 3.90. The van der Waals surface area contributed by atoms with E-state index in [-0.39, 0.29) is 6.17 Å². The van der Waals surface area contributed by atoms with Gasteiger partial charge in [-0.15, -0.1) is 0 Å². The molecule has 1 unspecified atom stereocenters. The summed E-state index contributed by atoms with van der Waals surface area (Å²) >= 11 is 0. The molecule has 1 atom stereocenters. The molecular formula is C5H9N3. The van der Waals surface area contributed by atoms with E-state index < -0.39 is 0 Å². The molecule has 0 aliphatic carbocycles. The molecule has 1 heterocycles. The number of amidine groups is 1. The summed E-state index contributed by atoms with van der Waals surface area (Å²) < 4.78 is 0. The van der Waals surface area contributed by atoms with Crippen molar-refractivity contribution in [2.75, 3.05) is 0 Å². The van der Waals surface area contributed by atoms with E-state index in [0.717, 1.165) is 5.84 Å². The summed E-state index contributed by atoms with van der Waals surface area (Å²) in [6.07, 6.45) is 1.78. The normalized spacial score (nSPS) is 26.8. The van der Waals surface area contributed by atoms with Crippen molar-refractivity contribution in [1.82, 2.24) is 5.32 Å². The van der Waals surface area contributed by atoms with Crippen LogP contribution in [0.1, 0.15) is 13.8 Å². The van der Waals surface area contributed by atoms with Crippen LogP contribution in [0.15, 0.2) is 9.98 Å². The van der Waals surface area contributed by atoms with Crippen LogP contribution in [0.25, 0.3) is 0 Å². The highest BCUT2D eigenvalue weighted by molar-refractivity contribution is 5.88. The molecule has 0 amide bonds. The predicted octanol–water partition coefficient (Wildman–Crippen LogP) is 0.382. The number of nitrogens with zero attached hydrogens (tertiary/aromatic N) is 2. The van der Waals surface area contributed by atoms with E-state index in [1.807, 2.05) is 13.8 Å². The van der Waals surface area contributed by atoms with Crippen molar-refractivity contribution in [3.05, 3.63) is 0 Å². The van der Waals surface area contributed by atoms with Crippen molar-refractivity contribution >= 4 is 12.2 Å². The Labute approximate surface area is 48.5 Å². The van der Waals surface area contributed by atoms with Crippen molar-refractivity contribution in [3.8, 4) is 0 Å². The Balaban J connectivity index is 2.59. The molecule has 8 heavy (non-hydrogen) atoms. The number of nitrogens with one attached hydrogen (secondary N) is 1. The first-order valence-corrected chi connectivity index (χ1v) is 2.61. The lowest BCUT2D eigenvalue weighted by Gasteiger charge is -2.11. The summed E-state index contributed by atoms with van der Waals surface area (Å²) in [6, 6.07) is 0. The first-order valence-electron chi connectivity index (χ1n) is 2.61. The highest BCUT2D eigenvalue weighted by atomic mass is 15.2. The highest BCUT2D eigenvalue weighted by Crippen LogP contribution is 1.87. The summed E-state index contributed by atoms with van der Waals surface area (Å²) in [5, 5.41) is 3.03. The molecule has 3 nitrogen and oxygen atoms in total. The minimum Gasteiger partial charge on any atom is -0.352 e. The van der Waals surface area contributed by atoms with Gasteiger partial charge in [0.05, 0.1) is 0 Å². The SMILES string of the molecule is CC1=NC=NC(C)N1. The van der Waals surface area contributed by atoms with Gasteiger partial charge in [0.25, 0.3) is 0 Å². The largest absolute Gasteiger partial charge is 0.352 e. The number of rotatable bonds is 0. The van der Waals surface area contributed by atoms with Gasteiger partial charge in [0.2, 0.25) is 0 Å². The first kappa shape index (κ1) is 5.28. The molecule has 1 N–H and O–H groups in total. The molecule has 3 heteroatoms. The van der Waals surface area contributed by atoms with Gasteiger partial charge >= 0.3 is 0 Å². The van der Waals surface area contributed by atoms with Crippen molar-refractivity contribution in [3.63, 3.8) is 0 Å². The molecule has 0 spiro atoms. The predicted molar refractivity (Wildman–Crippen MR) is 34.2 cm³/mol. The van der Waals surface area contributed by atoms with Crippen LogP contribution in [0.2, 0.25) is 0 Å². The van der Waals surface area contributed by atoms with Crippen LogP contribution in [0, 0.1) is 0 Å². The smallest absolute Gasteiger partial charge is 0.118 e. The maximum Gasteiger partial charge on any atom is 0.118 e. The minimum atomic E-state index is 0.201. The third kappa shape index (κ3) is 1.05. The van der Waals surface area contributed by atoms with E-state index in [9.17, 15) is 0 Å². The molecule has 0 aromatic carbocycles. The molecule has 0 aromatic heterocycles. The first-order chi connectivity index (χ1) is 3.79. The molecule has 0 radical (unpaired) electrons. The maximum absolute atomic E-state index is 3.96. The second-order valence-corrected chi connectivity index (χ2v) is 1.80. The van der Waals surface area contributed by atoms with E-state index in [1.165, 1.54) is 0 Å². The lowest BCUT2D eigenvalue weighted by Crippen LogP contribution is -2.31. The Morgan fingerprint density at radius 3 is 2.88 bits per heavy atom. The van der Waals surface area contributed by atoms with Crippen molar-refractivity contribution in [2.45, 2.75) is 20.0 Å². The second-order valence-electron chi connectivity index (χ2n) is 1.80. The van der Waals surface area contributed by atoms with E-state index >= 15 is 0 Å². The molecule has 1 rings (SSSR count). The lowest BCUT2D eigenvalue weighted by molar-refractivity contribution is 0.692. The van der Waals surface area contributed by atoms with Crippen LogP contribution >= 0.6 is 0 Å². The Morgan fingerprint density at radius 1 is 1.75 bits per heavy atom. The van der Waals surface area contributed by atoms with Crippen LogP contribution in [-0.4, -0.2) is 18.3 Å². The van der Waals surface area contributed by atoms with E-state index in [2.05, 4.69) is 15.3 Å². The summed E-state index contributed by atoms with van der Waals surface area (Å²) in [5.74, 6) is 0.938. The maximum atomic E-state index is 3.96. The molecule has 44 valence electrons. The van der Waals surface area contributed by atoms with Crippen LogP contribution in [0.5, 0.6) is 0 Å². The van der Waals surface area contributed by atoms with Crippen LogP contribution in [0.3, 0.4) is 0 Å². The summed E-state index contributed by atoms with van der Waals surface area (Å²) in [4.78, 5) is 7.85. The Morgan fingerprint density at radius 2 is 2.50 bits per heavy atom. The fourth-order valence-corrected chi connectivity index (χ4v) is 0.597. The summed E-state index contributed by atoms with van der Waals surface area (Å²) in [5.41, 5.74) is 0. The van der Waals surface area contributed by atoms with Crippen LogP contribution in [-0.2, 0) is 0 Å². The standard InChI is InChI=1S/C5H9N3/c1-4-6-3-7-5(2)8-4/h3-4H,1-2H3,(H,6,7,8). The Kier molecular flexibility index (Phi) is 1.28. The molecular weight excluding hydrogens is 102 g/mol. The molecule has 0 fully saturated rings. The molecule has 0 aromatic rings.